The molecule has 2 aliphatic rings. The minimum absolute atomic E-state index is 0.115. The highest BCUT2D eigenvalue weighted by atomic mass is 32.2. The lowest BCUT2D eigenvalue weighted by molar-refractivity contribution is -0.120. The molecule has 2 aliphatic heterocycles. The molecule has 4 rings (SSSR count). The van der Waals surface area contributed by atoms with Gasteiger partial charge in [0.2, 0.25) is 26.0 Å². The summed E-state index contributed by atoms with van der Waals surface area (Å²) in [4.78, 5) is 13.1. The van der Waals surface area contributed by atoms with Crippen LogP contribution in [0.1, 0.15) is 26.7 Å². The van der Waals surface area contributed by atoms with E-state index in [1.54, 1.807) is 32.0 Å². The lowest BCUT2D eigenvalue weighted by Crippen LogP contribution is -2.41. The fraction of sp³-hybridized carbons (Fsp3) is 0.458. The molecule has 12 heteroatoms. The average molecular weight is 538 g/mol. The van der Waals surface area contributed by atoms with Crippen molar-refractivity contribution < 1.29 is 31.1 Å². The molecule has 2 aromatic carbocycles. The van der Waals surface area contributed by atoms with Crippen molar-refractivity contribution in [2.24, 2.45) is 5.92 Å². The number of hydrogen-bond acceptors (Lipinski definition) is 7. The van der Waals surface area contributed by atoms with Crippen LogP contribution in [0.25, 0.3) is 0 Å². The number of nitrogens with one attached hydrogen (secondary N) is 1. The Bertz CT molecular complexity index is 1320. The van der Waals surface area contributed by atoms with E-state index in [1.807, 2.05) is 0 Å². The number of sulfonamides is 2. The highest BCUT2D eigenvalue weighted by molar-refractivity contribution is 7.89. The van der Waals surface area contributed by atoms with E-state index >= 15 is 0 Å². The Morgan fingerprint density at radius 3 is 2.28 bits per heavy atom. The Hall–Kier alpha value is -2.67. The molecule has 0 atom stereocenters. The van der Waals surface area contributed by atoms with Crippen molar-refractivity contribution in [2.45, 2.75) is 36.5 Å². The second-order valence-corrected chi connectivity index (χ2v) is 12.5. The minimum atomic E-state index is -3.74. The van der Waals surface area contributed by atoms with Gasteiger partial charge in [-0.3, -0.25) is 4.79 Å². The molecule has 0 unspecified atom stereocenters. The molecule has 2 aromatic rings. The summed E-state index contributed by atoms with van der Waals surface area (Å²) in [6.45, 7) is 5.43. The lowest BCUT2D eigenvalue weighted by Gasteiger charge is -2.31. The molecule has 1 amide bonds. The van der Waals surface area contributed by atoms with Crippen LogP contribution < -0.4 is 14.8 Å². The van der Waals surface area contributed by atoms with E-state index < -0.39 is 20.0 Å². The Morgan fingerprint density at radius 2 is 1.61 bits per heavy atom. The summed E-state index contributed by atoms with van der Waals surface area (Å²) in [6.07, 6.45) is 0.708. The van der Waals surface area contributed by atoms with Crippen molar-refractivity contribution in [2.75, 3.05) is 44.7 Å². The fourth-order valence-corrected chi connectivity index (χ4v) is 7.37. The number of amides is 1. The summed E-state index contributed by atoms with van der Waals surface area (Å²) in [5.41, 5.74) is 0.388. The fourth-order valence-electron chi connectivity index (χ4n) is 4.38. The van der Waals surface area contributed by atoms with Gasteiger partial charge in [0.1, 0.15) is 13.2 Å². The van der Waals surface area contributed by atoms with Crippen LogP contribution in [-0.2, 0) is 24.8 Å². The smallest absolute Gasteiger partial charge is 0.243 e. The molecule has 1 N–H and O–H groups in total. The second kappa shape index (κ2) is 10.8. The molecule has 10 nitrogen and oxygen atoms in total. The summed E-state index contributed by atoms with van der Waals surface area (Å²) >= 11 is 0. The predicted octanol–water partition coefficient (Wildman–Crippen LogP) is 2.53. The van der Waals surface area contributed by atoms with E-state index in [0.717, 1.165) is 0 Å². The van der Waals surface area contributed by atoms with Crippen molar-refractivity contribution in [3.63, 3.8) is 0 Å². The van der Waals surface area contributed by atoms with Crippen LogP contribution in [-0.4, -0.2) is 70.7 Å². The van der Waals surface area contributed by atoms with Crippen molar-refractivity contribution in [1.29, 1.82) is 0 Å². The van der Waals surface area contributed by atoms with E-state index in [1.165, 1.54) is 32.9 Å². The van der Waals surface area contributed by atoms with Crippen molar-refractivity contribution in [1.82, 2.24) is 8.61 Å². The molecule has 1 fully saturated rings. The predicted molar refractivity (Wildman–Crippen MR) is 134 cm³/mol. The Morgan fingerprint density at radius 1 is 0.944 bits per heavy atom. The summed E-state index contributed by atoms with van der Waals surface area (Å²) in [6, 6.07) is 10.8. The maximum atomic E-state index is 13.1. The first-order valence-corrected chi connectivity index (χ1v) is 14.9. The Labute approximate surface area is 212 Å². The highest BCUT2D eigenvalue weighted by Crippen LogP contribution is 2.34. The molecule has 0 spiro atoms. The molecule has 0 saturated carbocycles. The van der Waals surface area contributed by atoms with Gasteiger partial charge in [-0.25, -0.2) is 16.8 Å². The third-order valence-electron chi connectivity index (χ3n) is 6.42. The van der Waals surface area contributed by atoms with Gasteiger partial charge in [0.05, 0.1) is 9.79 Å². The zero-order valence-electron chi connectivity index (χ0n) is 20.3. The highest BCUT2D eigenvalue weighted by Gasteiger charge is 2.33. The summed E-state index contributed by atoms with van der Waals surface area (Å²) in [5, 5.41) is 2.80. The van der Waals surface area contributed by atoms with Gasteiger partial charge in [0.25, 0.3) is 0 Å². The van der Waals surface area contributed by atoms with E-state index in [-0.39, 0.29) is 34.7 Å². The molecular weight excluding hydrogens is 506 g/mol. The Balaban J connectivity index is 1.39. The van der Waals surface area contributed by atoms with Crippen LogP contribution in [0.15, 0.2) is 52.3 Å². The third-order valence-corrected chi connectivity index (χ3v) is 10.4. The second-order valence-electron chi connectivity index (χ2n) is 8.59. The van der Waals surface area contributed by atoms with Gasteiger partial charge >= 0.3 is 0 Å². The van der Waals surface area contributed by atoms with Gasteiger partial charge in [0.15, 0.2) is 11.5 Å². The Kier molecular flexibility index (Phi) is 7.88. The molecule has 1 saturated heterocycles. The van der Waals surface area contributed by atoms with Crippen LogP contribution in [0, 0.1) is 5.92 Å². The molecule has 0 bridgehead atoms. The molecule has 0 radical (unpaired) electrons. The van der Waals surface area contributed by atoms with Crippen LogP contribution in [0.2, 0.25) is 0 Å². The monoisotopic (exact) mass is 537 g/mol. The molecule has 196 valence electrons. The third kappa shape index (κ3) is 5.36. The number of carbonyl (C=O) groups excluding carboxylic acids is 1. The number of benzene rings is 2. The van der Waals surface area contributed by atoms with Crippen molar-refractivity contribution in [3.8, 4) is 11.5 Å². The summed E-state index contributed by atoms with van der Waals surface area (Å²) < 4.78 is 65.6. The summed E-state index contributed by atoms with van der Waals surface area (Å²) in [5.74, 6) is 0.273. The number of anilines is 1. The van der Waals surface area contributed by atoms with Gasteiger partial charge in [-0.1, -0.05) is 19.9 Å². The number of hydrogen-bond donors (Lipinski definition) is 1. The van der Waals surface area contributed by atoms with Gasteiger partial charge in [-0.2, -0.15) is 8.61 Å². The van der Waals surface area contributed by atoms with Gasteiger partial charge in [-0.15, -0.1) is 0 Å². The van der Waals surface area contributed by atoms with Crippen molar-refractivity contribution in [3.05, 3.63) is 42.5 Å². The van der Waals surface area contributed by atoms with E-state index in [2.05, 4.69) is 5.32 Å². The van der Waals surface area contributed by atoms with E-state index in [0.29, 0.717) is 56.3 Å². The van der Waals surface area contributed by atoms with Gasteiger partial charge in [0, 0.05) is 43.9 Å². The number of nitrogens with zero attached hydrogens (tertiary/aromatic N) is 2. The van der Waals surface area contributed by atoms with Crippen LogP contribution in [0.5, 0.6) is 11.5 Å². The largest absolute Gasteiger partial charge is 0.486 e. The van der Waals surface area contributed by atoms with E-state index in [9.17, 15) is 21.6 Å². The molecule has 2 heterocycles. The quantitative estimate of drug-likeness (QED) is 0.549. The number of carbonyl (C=O) groups is 1. The normalized spacial score (nSPS) is 17.2. The van der Waals surface area contributed by atoms with Crippen LogP contribution in [0.4, 0.5) is 5.69 Å². The van der Waals surface area contributed by atoms with Crippen molar-refractivity contribution >= 4 is 31.6 Å². The SMILES string of the molecule is CCN(CC)S(=O)(=O)c1cccc(NC(=O)C2CCN(S(=O)(=O)c3ccc4c(c3)OCCO4)CC2)c1. The zero-order chi connectivity index (χ0) is 25.9. The number of rotatable bonds is 8. The first kappa shape index (κ1) is 26.4. The zero-order valence-corrected chi connectivity index (χ0v) is 22.0. The van der Waals surface area contributed by atoms with Gasteiger partial charge < -0.3 is 14.8 Å². The molecule has 0 aromatic heterocycles. The molecule has 0 aliphatic carbocycles. The molecular formula is C24H31N3O7S2. The minimum Gasteiger partial charge on any atom is -0.486 e. The maximum Gasteiger partial charge on any atom is 0.243 e. The topological polar surface area (TPSA) is 122 Å². The molecule has 36 heavy (non-hydrogen) atoms. The van der Waals surface area contributed by atoms with Gasteiger partial charge in [-0.05, 0) is 43.2 Å². The first-order valence-electron chi connectivity index (χ1n) is 12.0. The lowest BCUT2D eigenvalue weighted by atomic mass is 9.97. The summed E-state index contributed by atoms with van der Waals surface area (Å²) in [7, 11) is -7.39. The number of fused-ring (bicyclic) bond motifs is 1. The maximum absolute atomic E-state index is 13.1. The van der Waals surface area contributed by atoms with Crippen LogP contribution in [0.3, 0.4) is 0 Å². The first-order chi connectivity index (χ1) is 17.2. The standard InChI is InChI=1S/C24H31N3O7S2/c1-3-26(4-2)35(29,30)20-7-5-6-19(16-20)25-24(28)18-10-12-27(13-11-18)36(31,32)21-8-9-22-23(17-21)34-15-14-33-22/h5-9,16-18H,3-4,10-15H2,1-2H3,(H,25,28). The number of ether oxygens (including phenoxy) is 2. The van der Waals surface area contributed by atoms with E-state index in [4.69, 9.17) is 9.47 Å². The number of piperidine rings is 1. The average Bonchev–Trinajstić information content (AvgIpc) is 2.89. The van der Waals surface area contributed by atoms with Crippen LogP contribution >= 0.6 is 0 Å².